The minimum Gasteiger partial charge on any atom is -0.418 e. The number of quaternary nitrogens is 1. The molecule has 0 aromatic carbocycles. The molecule has 7 heteroatoms. The van der Waals surface area contributed by atoms with Gasteiger partial charge < -0.3 is 22.6 Å². The van der Waals surface area contributed by atoms with Gasteiger partial charge in [-0.15, -0.1) is 0 Å². The Morgan fingerprint density at radius 2 is 1.80 bits per heavy atom. The first-order chi connectivity index (χ1) is 4.50. The molecule has 1 aliphatic heterocycles. The Morgan fingerprint density at radius 3 is 1.90 bits per heavy atom. The van der Waals surface area contributed by atoms with Crippen molar-refractivity contribution in [1.82, 2.24) is 0 Å². The summed E-state index contributed by atoms with van der Waals surface area (Å²) in [5.74, 6) is 0. The average molecular weight is 158 g/mol. The van der Waals surface area contributed by atoms with Crippen LogP contribution in [0.2, 0.25) is 0 Å². The van der Waals surface area contributed by atoms with Crippen molar-refractivity contribution in [2.24, 2.45) is 4.99 Å². The largest absolute Gasteiger partial charge is 0.673 e. The lowest BCUT2D eigenvalue weighted by atomic mass is 10.3. The normalized spacial score (nSPS) is 16.4. The van der Waals surface area contributed by atoms with E-state index in [1.54, 1.807) is 0 Å². The molecule has 2 N–H and O–H groups in total. The molecule has 1 rings (SSSR count). The number of nitrogens with zero attached hydrogens (tertiary/aromatic N) is 1. The van der Waals surface area contributed by atoms with Gasteiger partial charge in [-0.25, -0.2) is 4.99 Å². The fourth-order valence-corrected chi connectivity index (χ4v) is 0.373. The number of hydrogen-bond donors (Lipinski definition) is 1. The zero-order valence-corrected chi connectivity index (χ0v) is 5.11. The molecule has 0 fully saturated rings. The van der Waals surface area contributed by atoms with E-state index in [1.807, 2.05) is 6.34 Å². The van der Waals surface area contributed by atoms with Gasteiger partial charge in [0, 0.05) is 0 Å². The van der Waals surface area contributed by atoms with E-state index in [-0.39, 0.29) is 0 Å². The molecule has 60 valence electrons. The summed E-state index contributed by atoms with van der Waals surface area (Å²) in [4.78, 5) is 3.90. The fourth-order valence-electron chi connectivity index (χ4n) is 0.373. The lowest BCUT2D eigenvalue weighted by Gasteiger charge is -1.94. The minimum atomic E-state index is -6.00. The minimum absolute atomic E-state index is 1.01. The maximum Gasteiger partial charge on any atom is 0.673 e. The molecule has 0 aliphatic carbocycles. The summed E-state index contributed by atoms with van der Waals surface area (Å²) in [5, 5.41) is 2.07. The van der Waals surface area contributed by atoms with Crippen molar-refractivity contribution in [3.8, 4) is 0 Å². The standard InChI is InChI=1S/C3H6N2.BF4/c1-2-5-3-4-1;2-1(3,4)5/h3H,1-2H2,(H,4,5);/q;-1/p+1. The summed E-state index contributed by atoms with van der Waals surface area (Å²) in [6.07, 6.45) is 1.86. The molecule has 0 aromatic heterocycles. The van der Waals surface area contributed by atoms with Gasteiger partial charge in [-0.1, -0.05) is 0 Å². The summed E-state index contributed by atoms with van der Waals surface area (Å²) < 4.78 is 39.0. The van der Waals surface area contributed by atoms with Crippen LogP contribution in [0.4, 0.5) is 17.3 Å². The van der Waals surface area contributed by atoms with Crippen LogP contribution < -0.4 is 5.32 Å². The van der Waals surface area contributed by atoms with Crippen LogP contribution >= 0.6 is 0 Å². The van der Waals surface area contributed by atoms with Crippen LogP contribution in [0.1, 0.15) is 0 Å². The van der Waals surface area contributed by atoms with E-state index in [2.05, 4.69) is 10.3 Å². The highest BCUT2D eigenvalue weighted by atomic mass is 19.5. The Kier molecular flexibility index (Phi) is 4.02. The molecule has 0 aromatic rings. The monoisotopic (exact) mass is 158 g/mol. The second-order valence-electron chi connectivity index (χ2n) is 1.57. The SMILES string of the molecule is C1=NCC[NH2+]1.F[B-](F)(F)F. The van der Waals surface area contributed by atoms with Gasteiger partial charge in [-0.3, -0.25) is 0 Å². The molecular formula is C3H7BF4N2. The lowest BCUT2D eigenvalue weighted by Crippen LogP contribution is -2.80. The molecule has 10 heavy (non-hydrogen) atoms. The molecular weight excluding hydrogens is 151 g/mol. The van der Waals surface area contributed by atoms with Crippen LogP contribution in [0.25, 0.3) is 0 Å². The van der Waals surface area contributed by atoms with Gasteiger partial charge in [0.05, 0.1) is 6.54 Å². The van der Waals surface area contributed by atoms with Gasteiger partial charge in [0.1, 0.15) is 6.54 Å². The van der Waals surface area contributed by atoms with Gasteiger partial charge >= 0.3 is 7.25 Å². The molecule has 0 radical (unpaired) electrons. The molecule has 0 saturated heterocycles. The predicted octanol–water partition coefficient (Wildman–Crippen LogP) is -0.108. The Labute approximate surface area is 55.4 Å². The molecule has 1 heterocycles. The van der Waals surface area contributed by atoms with Crippen LogP contribution in [-0.4, -0.2) is 26.7 Å². The molecule has 0 amide bonds. The molecule has 0 saturated carbocycles. The highest BCUT2D eigenvalue weighted by Gasteiger charge is 2.20. The maximum absolute atomic E-state index is 9.75. The van der Waals surface area contributed by atoms with Crippen molar-refractivity contribution in [2.75, 3.05) is 13.1 Å². The number of aliphatic imine (C=N–C) groups is 1. The zero-order valence-electron chi connectivity index (χ0n) is 5.11. The van der Waals surface area contributed by atoms with E-state index < -0.39 is 7.25 Å². The van der Waals surface area contributed by atoms with E-state index in [0.29, 0.717) is 0 Å². The Morgan fingerprint density at radius 1 is 1.30 bits per heavy atom. The van der Waals surface area contributed by atoms with Gasteiger partial charge in [0.15, 0.2) is 6.34 Å². The first-order valence-corrected chi connectivity index (χ1v) is 2.69. The third-order valence-electron chi connectivity index (χ3n) is 0.636. The highest BCUT2D eigenvalue weighted by molar-refractivity contribution is 6.50. The fraction of sp³-hybridized carbons (Fsp3) is 0.667. The van der Waals surface area contributed by atoms with E-state index in [9.17, 15) is 17.3 Å². The number of hydrogen-bond acceptors (Lipinski definition) is 1. The molecule has 0 unspecified atom stereocenters. The van der Waals surface area contributed by atoms with E-state index in [1.165, 1.54) is 0 Å². The van der Waals surface area contributed by atoms with Crippen molar-refractivity contribution >= 4 is 13.6 Å². The average Bonchev–Trinajstić information content (AvgIpc) is 2.07. The van der Waals surface area contributed by atoms with Gasteiger partial charge in [-0.2, -0.15) is 0 Å². The Hall–Kier alpha value is -0.585. The topological polar surface area (TPSA) is 29.0 Å². The number of rotatable bonds is 0. The van der Waals surface area contributed by atoms with Gasteiger partial charge in [-0.05, 0) is 0 Å². The van der Waals surface area contributed by atoms with Crippen molar-refractivity contribution in [1.29, 1.82) is 0 Å². The zero-order chi connectivity index (χ0) is 8.04. The smallest absolute Gasteiger partial charge is 0.418 e. The molecule has 0 atom stereocenters. The van der Waals surface area contributed by atoms with Crippen LogP contribution in [0.3, 0.4) is 0 Å². The molecule has 0 spiro atoms. The van der Waals surface area contributed by atoms with Crippen LogP contribution in [0.5, 0.6) is 0 Å². The molecule has 1 aliphatic rings. The third-order valence-corrected chi connectivity index (χ3v) is 0.636. The molecule has 0 bridgehead atoms. The molecule has 2 nitrogen and oxygen atoms in total. The van der Waals surface area contributed by atoms with Crippen molar-refractivity contribution in [2.45, 2.75) is 0 Å². The maximum atomic E-state index is 9.75. The van der Waals surface area contributed by atoms with Crippen LogP contribution in [0.15, 0.2) is 4.99 Å². The number of nitrogens with two attached hydrogens (primary N) is 1. The van der Waals surface area contributed by atoms with Crippen molar-refractivity contribution in [3.05, 3.63) is 0 Å². The first-order valence-electron chi connectivity index (χ1n) is 2.69. The van der Waals surface area contributed by atoms with Crippen LogP contribution in [0, 0.1) is 0 Å². The van der Waals surface area contributed by atoms with Gasteiger partial charge in [0.25, 0.3) is 0 Å². The van der Waals surface area contributed by atoms with E-state index >= 15 is 0 Å². The summed E-state index contributed by atoms with van der Waals surface area (Å²) >= 11 is 0. The summed E-state index contributed by atoms with van der Waals surface area (Å²) in [6, 6.07) is 0. The van der Waals surface area contributed by atoms with Crippen molar-refractivity contribution in [3.63, 3.8) is 0 Å². The summed E-state index contributed by atoms with van der Waals surface area (Å²) in [7, 11) is -6.00. The van der Waals surface area contributed by atoms with E-state index in [4.69, 9.17) is 0 Å². The van der Waals surface area contributed by atoms with Crippen molar-refractivity contribution < 1.29 is 22.6 Å². The quantitative estimate of drug-likeness (QED) is 0.376. The lowest BCUT2D eigenvalue weighted by molar-refractivity contribution is -0.518. The number of halogens is 4. The highest BCUT2D eigenvalue weighted by Crippen LogP contribution is 2.06. The second-order valence-corrected chi connectivity index (χ2v) is 1.57. The first kappa shape index (κ1) is 9.41. The second kappa shape index (κ2) is 4.27. The van der Waals surface area contributed by atoms with E-state index in [0.717, 1.165) is 13.1 Å². The predicted molar refractivity (Wildman–Crippen MR) is 30.3 cm³/mol. The summed E-state index contributed by atoms with van der Waals surface area (Å²) in [6.45, 7) is 2.17. The summed E-state index contributed by atoms with van der Waals surface area (Å²) in [5.41, 5.74) is 0. The third kappa shape index (κ3) is 15.7. The van der Waals surface area contributed by atoms with Gasteiger partial charge in [0.2, 0.25) is 0 Å². The Bertz CT molecular complexity index is 99.6. The Balaban J connectivity index is 0.000000162. The van der Waals surface area contributed by atoms with Crippen LogP contribution in [-0.2, 0) is 0 Å².